The first-order valence-electron chi connectivity index (χ1n) is 10.1. The van der Waals surface area contributed by atoms with Gasteiger partial charge in [-0.25, -0.2) is 0 Å². The van der Waals surface area contributed by atoms with Crippen molar-refractivity contribution in [3.05, 3.63) is 35.2 Å². The standard InChI is InChI=1S/C21H26ClN3O2/c22-17-11-9-16(10-12-17)20-23-21(27-24-20)18-7-3-4-14-25(18)19(26)13-8-15-5-1-2-6-15/h9-12,15,18H,1-8,13-14H2/t18-/m1/s1. The molecule has 1 aliphatic heterocycles. The van der Waals surface area contributed by atoms with Crippen LogP contribution in [0.1, 0.15) is 69.7 Å². The Hall–Kier alpha value is -1.88. The van der Waals surface area contributed by atoms with Crippen molar-refractivity contribution in [2.24, 2.45) is 5.92 Å². The number of benzene rings is 1. The zero-order chi connectivity index (χ0) is 18.6. The van der Waals surface area contributed by atoms with Gasteiger partial charge in [0, 0.05) is 23.6 Å². The largest absolute Gasteiger partial charge is 0.337 e. The molecule has 0 N–H and O–H groups in total. The Kier molecular flexibility index (Phi) is 5.77. The third kappa shape index (κ3) is 4.34. The van der Waals surface area contributed by atoms with E-state index < -0.39 is 0 Å². The van der Waals surface area contributed by atoms with E-state index in [9.17, 15) is 4.79 Å². The average Bonchev–Trinajstić information content (AvgIpc) is 3.39. The van der Waals surface area contributed by atoms with E-state index in [-0.39, 0.29) is 11.9 Å². The Bertz CT molecular complexity index is 768. The molecule has 0 radical (unpaired) electrons. The molecule has 2 fully saturated rings. The molecule has 0 unspecified atom stereocenters. The number of hydrogen-bond donors (Lipinski definition) is 0. The smallest absolute Gasteiger partial charge is 0.249 e. The van der Waals surface area contributed by atoms with Crippen LogP contribution in [-0.4, -0.2) is 27.5 Å². The highest BCUT2D eigenvalue weighted by Gasteiger charge is 2.32. The fourth-order valence-corrected chi connectivity index (χ4v) is 4.47. The highest BCUT2D eigenvalue weighted by atomic mass is 35.5. The maximum absolute atomic E-state index is 12.9. The van der Waals surface area contributed by atoms with Gasteiger partial charge in [-0.1, -0.05) is 42.4 Å². The minimum atomic E-state index is -0.0941. The van der Waals surface area contributed by atoms with Crippen molar-refractivity contribution in [1.29, 1.82) is 0 Å². The van der Waals surface area contributed by atoms with Crippen LogP contribution in [0.15, 0.2) is 28.8 Å². The minimum absolute atomic E-state index is 0.0941. The number of likely N-dealkylation sites (tertiary alicyclic amines) is 1. The molecule has 1 aromatic heterocycles. The maximum atomic E-state index is 12.9. The van der Waals surface area contributed by atoms with Crippen LogP contribution in [-0.2, 0) is 4.79 Å². The van der Waals surface area contributed by atoms with Crippen molar-refractivity contribution < 1.29 is 9.32 Å². The number of rotatable bonds is 5. The van der Waals surface area contributed by atoms with Crippen molar-refractivity contribution >= 4 is 17.5 Å². The van der Waals surface area contributed by atoms with Crippen LogP contribution in [0.4, 0.5) is 0 Å². The predicted octanol–water partition coefficient (Wildman–Crippen LogP) is 5.41. The van der Waals surface area contributed by atoms with Crippen molar-refractivity contribution in [1.82, 2.24) is 15.0 Å². The molecule has 6 heteroatoms. The lowest BCUT2D eigenvalue weighted by Crippen LogP contribution is -2.38. The number of amides is 1. The third-order valence-electron chi connectivity index (χ3n) is 5.89. The Labute approximate surface area is 165 Å². The second-order valence-electron chi connectivity index (χ2n) is 7.75. The van der Waals surface area contributed by atoms with E-state index in [1.54, 1.807) is 0 Å². The van der Waals surface area contributed by atoms with E-state index in [0.29, 0.717) is 23.2 Å². The molecule has 4 rings (SSSR count). The van der Waals surface area contributed by atoms with Crippen molar-refractivity contribution in [3.63, 3.8) is 0 Å². The molecule has 1 aliphatic carbocycles. The van der Waals surface area contributed by atoms with Gasteiger partial charge in [-0.2, -0.15) is 4.98 Å². The van der Waals surface area contributed by atoms with Gasteiger partial charge in [0.25, 0.3) is 0 Å². The summed E-state index contributed by atoms with van der Waals surface area (Å²) in [4.78, 5) is 19.4. The van der Waals surface area contributed by atoms with Gasteiger partial charge >= 0.3 is 0 Å². The van der Waals surface area contributed by atoms with Crippen LogP contribution >= 0.6 is 11.6 Å². The van der Waals surface area contributed by atoms with Gasteiger partial charge < -0.3 is 9.42 Å². The summed E-state index contributed by atoms with van der Waals surface area (Å²) < 4.78 is 5.56. The summed E-state index contributed by atoms with van der Waals surface area (Å²) in [5, 5.41) is 4.80. The van der Waals surface area contributed by atoms with Crippen LogP contribution in [0.25, 0.3) is 11.4 Å². The van der Waals surface area contributed by atoms with E-state index in [2.05, 4.69) is 10.1 Å². The molecule has 27 heavy (non-hydrogen) atoms. The molecule has 0 bridgehead atoms. The summed E-state index contributed by atoms with van der Waals surface area (Å²) in [6.07, 6.45) is 9.87. The summed E-state index contributed by atoms with van der Waals surface area (Å²) >= 11 is 5.95. The quantitative estimate of drug-likeness (QED) is 0.687. The second-order valence-corrected chi connectivity index (χ2v) is 8.19. The van der Waals surface area contributed by atoms with Crippen LogP contribution in [0.3, 0.4) is 0 Å². The second kappa shape index (κ2) is 8.42. The topological polar surface area (TPSA) is 59.2 Å². The fraction of sp³-hybridized carbons (Fsp3) is 0.571. The summed E-state index contributed by atoms with van der Waals surface area (Å²) in [6, 6.07) is 7.28. The molecule has 1 atom stereocenters. The van der Waals surface area contributed by atoms with Gasteiger partial charge in [-0.3, -0.25) is 4.79 Å². The Morgan fingerprint density at radius 1 is 1.11 bits per heavy atom. The van der Waals surface area contributed by atoms with E-state index in [4.69, 9.17) is 16.1 Å². The minimum Gasteiger partial charge on any atom is -0.337 e. The monoisotopic (exact) mass is 387 g/mol. The molecular weight excluding hydrogens is 362 g/mol. The fourth-order valence-electron chi connectivity index (χ4n) is 4.34. The SMILES string of the molecule is O=C(CCC1CCCC1)N1CCCC[C@@H]1c1nc(-c2ccc(Cl)cc2)no1. The highest BCUT2D eigenvalue weighted by molar-refractivity contribution is 6.30. The van der Waals surface area contributed by atoms with E-state index in [1.165, 1.54) is 25.7 Å². The molecule has 1 saturated heterocycles. The lowest BCUT2D eigenvalue weighted by molar-refractivity contribution is -0.136. The summed E-state index contributed by atoms with van der Waals surface area (Å²) in [6.45, 7) is 0.785. The Balaban J connectivity index is 1.45. The van der Waals surface area contributed by atoms with Crippen molar-refractivity contribution in [3.8, 4) is 11.4 Å². The molecule has 2 aliphatic rings. The van der Waals surface area contributed by atoms with Crippen LogP contribution in [0.2, 0.25) is 5.02 Å². The number of piperidine rings is 1. The first-order valence-corrected chi connectivity index (χ1v) is 10.5. The van der Waals surface area contributed by atoms with Crippen LogP contribution < -0.4 is 0 Å². The molecule has 2 heterocycles. The Morgan fingerprint density at radius 2 is 1.85 bits per heavy atom. The number of hydrogen-bond acceptors (Lipinski definition) is 4. The van der Waals surface area contributed by atoms with Gasteiger partial charge in [0.15, 0.2) is 0 Å². The predicted molar refractivity (Wildman–Crippen MR) is 104 cm³/mol. The summed E-state index contributed by atoms with van der Waals surface area (Å²) in [5.74, 6) is 2.06. The normalized spacial score (nSPS) is 20.9. The summed E-state index contributed by atoms with van der Waals surface area (Å²) in [7, 11) is 0. The highest BCUT2D eigenvalue weighted by Crippen LogP contribution is 2.33. The number of aromatic nitrogens is 2. The third-order valence-corrected chi connectivity index (χ3v) is 6.15. The van der Waals surface area contributed by atoms with Gasteiger partial charge in [-0.15, -0.1) is 0 Å². The first kappa shape index (κ1) is 18.5. The molecule has 1 aromatic carbocycles. The number of halogens is 1. The number of nitrogens with zero attached hydrogens (tertiary/aromatic N) is 3. The molecule has 144 valence electrons. The number of carbonyl (C=O) groups excluding carboxylic acids is 1. The van der Waals surface area contributed by atoms with Gasteiger partial charge in [0.05, 0.1) is 0 Å². The van der Waals surface area contributed by atoms with E-state index in [1.807, 2.05) is 29.2 Å². The average molecular weight is 388 g/mol. The lowest BCUT2D eigenvalue weighted by atomic mass is 9.98. The lowest BCUT2D eigenvalue weighted by Gasteiger charge is -2.33. The van der Waals surface area contributed by atoms with Gasteiger partial charge in [-0.05, 0) is 55.9 Å². The van der Waals surface area contributed by atoms with E-state index >= 15 is 0 Å². The van der Waals surface area contributed by atoms with Gasteiger partial charge in [0.2, 0.25) is 17.6 Å². The maximum Gasteiger partial charge on any atom is 0.249 e. The van der Waals surface area contributed by atoms with Gasteiger partial charge in [0.1, 0.15) is 6.04 Å². The molecule has 1 amide bonds. The van der Waals surface area contributed by atoms with Crippen LogP contribution in [0, 0.1) is 5.92 Å². The first-order chi connectivity index (χ1) is 13.2. The Morgan fingerprint density at radius 3 is 2.63 bits per heavy atom. The molecule has 0 spiro atoms. The molecule has 5 nitrogen and oxygen atoms in total. The van der Waals surface area contributed by atoms with Crippen molar-refractivity contribution in [2.45, 2.75) is 63.8 Å². The number of carbonyl (C=O) groups is 1. The zero-order valence-electron chi connectivity index (χ0n) is 15.6. The molecule has 2 aromatic rings. The van der Waals surface area contributed by atoms with Crippen molar-refractivity contribution in [2.75, 3.05) is 6.54 Å². The zero-order valence-corrected chi connectivity index (χ0v) is 16.3. The van der Waals surface area contributed by atoms with Crippen LogP contribution in [0.5, 0.6) is 0 Å². The van der Waals surface area contributed by atoms with E-state index in [0.717, 1.165) is 43.7 Å². The molecular formula is C21H26ClN3O2. The molecule has 1 saturated carbocycles. The summed E-state index contributed by atoms with van der Waals surface area (Å²) in [5.41, 5.74) is 0.865.